The summed E-state index contributed by atoms with van der Waals surface area (Å²) in [4.78, 5) is 0.396. The zero-order chi connectivity index (χ0) is 13.1. The summed E-state index contributed by atoms with van der Waals surface area (Å²) in [5.74, 6) is 0.681. The molecule has 0 aliphatic carbocycles. The molecule has 0 heterocycles. The van der Waals surface area contributed by atoms with Crippen molar-refractivity contribution in [3.8, 4) is 0 Å². The van der Waals surface area contributed by atoms with E-state index in [4.69, 9.17) is 0 Å². The van der Waals surface area contributed by atoms with Gasteiger partial charge in [-0.25, -0.2) is 8.42 Å². The first kappa shape index (κ1) is 15.2. The lowest BCUT2D eigenvalue weighted by atomic mass is 10.0. The molecule has 17 heavy (non-hydrogen) atoms. The highest BCUT2D eigenvalue weighted by atomic mass is 79.9. The van der Waals surface area contributed by atoms with Crippen molar-refractivity contribution in [2.45, 2.75) is 18.7 Å². The van der Waals surface area contributed by atoms with Crippen molar-refractivity contribution in [1.82, 2.24) is 0 Å². The first-order valence-electron chi connectivity index (χ1n) is 5.41. The summed E-state index contributed by atoms with van der Waals surface area (Å²) in [6.45, 7) is 4.09. The van der Waals surface area contributed by atoms with Crippen LogP contribution in [0.1, 0.15) is 13.8 Å². The molecule has 0 N–H and O–H groups in total. The van der Waals surface area contributed by atoms with Gasteiger partial charge in [0.2, 0.25) is 0 Å². The molecule has 0 amide bonds. The van der Waals surface area contributed by atoms with Crippen LogP contribution in [0, 0.1) is 11.8 Å². The quantitative estimate of drug-likeness (QED) is 0.722. The number of hydrogen-bond acceptors (Lipinski definition) is 2. The normalized spacial score (nSPS) is 13.9. The summed E-state index contributed by atoms with van der Waals surface area (Å²) in [7, 11) is -3.18. The molecule has 0 aromatic heterocycles. The Morgan fingerprint density at radius 3 is 2.12 bits per heavy atom. The Labute approximate surface area is 120 Å². The van der Waals surface area contributed by atoms with Gasteiger partial charge in [-0.1, -0.05) is 45.7 Å². The van der Waals surface area contributed by atoms with E-state index in [1.807, 2.05) is 13.8 Å². The molecule has 0 aliphatic rings. The maximum absolute atomic E-state index is 12.2. The third-order valence-corrected chi connectivity index (χ3v) is 5.96. The Balaban J connectivity index is 2.92. The van der Waals surface area contributed by atoms with Crippen LogP contribution in [0.4, 0.5) is 0 Å². The van der Waals surface area contributed by atoms with E-state index in [0.717, 1.165) is 4.47 Å². The molecule has 0 spiro atoms. The lowest BCUT2D eigenvalue weighted by Crippen LogP contribution is -2.22. The van der Waals surface area contributed by atoms with Crippen LogP contribution in [0.15, 0.2) is 33.6 Å². The molecule has 1 unspecified atom stereocenters. The largest absolute Gasteiger partial charge is 0.224 e. The molecule has 0 saturated heterocycles. The Hall–Kier alpha value is 0.130. The molecule has 1 rings (SSSR count). The van der Waals surface area contributed by atoms with Crippen molar-refractivity contribution in [2.75, 3.05) is 11.1 Å². The van der Waals surface area contributed by atoms with Gasteiger partial charge in [0.1, 0.15) is 0 Å². The summed E-state index contributed by atoms with van der Waals surface area (Å²) in [5, 5.41) is 0.709. The van der Waals surface area contributed by atoms with E-state index < -0.39 is 9.84 Å². The van der Waals surface area contributed by atoms with Crippen molar-refractivity contribution in [1.29, 1.82) is 0 Å². The summed E-state index contributed by atoms with van der Waals surface area (Å²) >= 11 is 6.68. The van der Waals surface area contributed by atoms with Crippen molar-refractivity contribution < 1.29 is 8.42 Å². The predicted octanol–water partition coefficient (Wildman–Crippen LogP) is 3.89. The van der Waals surface area contributed by atoms with Crippen LogP contribution < -0.4 is 0 Å². The van der Waals surface area contributed by atoms with Gasteiger partial charge in [-0.2, -0.15) is 0 Å². The van der Waals surface area contributed by atoms with Crippen molar-refractivity contribution in [3.05, 3.63) is 28.7 Å². The maximum atomic E-state index is 12.2. The minimum Gasteiger partial charge on any atom is -0.224 e. The Morgan fingerprint density at radius 2 is 1.71 bits per heavy atom. The van der Waals surface area contributed by atoms with E-state index >= 15 is 0 Å². The van der Waals surface area contributed by atoms with Crippen LogP contribution in [0.2, 0.25) is 0 Å². The highest BCUT2D eigenvalue weighted by Crippen LogP contribution is 2.22. The van der Waals surface area contributed by atoms with Gasteiger partial charge in [0.25, 0.3) is 0 Å². The number of alkyl halides is 1. The number of benzene rings is 1. The highest BCUT2D eigenvalue weighted by molar-refractivity contribution is 9.10. The van der Waals surface area contributed by atoms with Crippen LogP contribution in [0.5, 0.6) is 0 Å². The highest BCUT2D eigenvalue weighted by Gasteiger charge is 2.22. The van der Waals surface area contributed by atoms with Crippen LogP contribution in [-0.4, -0.2) is 19.5 Å². The van der Waals surface area contributed by atoms with Gasteiger partial charge in [0, 0.05) is 9.80 Å². The van der Waals surface area contributed by atoms with Gasteiger partial charge in [-0.15, -0.1) is 0 Å². The molecule has 0 fully saturated rings. The molecule has 0 bridgehead atoms. The fourth-order valence-corrected chi connectivity index (χ4v) is 4.79. The molecule has 5 heteroatoms. The molecular weight excluding hydrogens is 368 g/mol. The topological polar surface area (TPSA) is 34.1 Å². The first-order chi connectivity index (χ1) is 7.86. The van der Waals surface area contributed by atoms with Crippen molar-refractivity contribution >= 4 is 41.7 Å². The first-order valence-corrected chi connectivity index (χ1v) is 8.98. The molecule has 0 saturated carbocycles. The van der Waals surface area contributed by atoms with Gasteiger partial charge in [0.05, 0.1) is 10.6 Å². The van der Waals surface area contributed by atoms with Gasteiger partial charge < -0.3 is 0 Å². The average molecular weight is 384 g/mol. The van der Waals surface area contributed by atoms with Crippen LogP contribution in [0.25, 0.3) is 0 Å². The van der Waals surface area contributed by atoms with Crippen molar-refractivity contribution in [2.24, 2.45) is 11.8 Å². The van der Waals surface area contributed by atoms with E-state index in [0.29, 0.717) is 16.1 Å². The van der Waals surface area contributed by atoms with Crippen LogP contribution in [-0.2, 0) is 9.84 Å². The fourth-order valence-electron chi connectivity index (χ4n) is 1.44. The number of hydrogen-bond donors (Lipinski definition) is 0. The smallest absolute Gasteiger partial charge is 0.178 e. The lowest BCUT2D eigenvalue weighted by molar-refractivity contribution is 0.462. The summed E-state index contributed by atoms with van der Waals surface area (Å²) < 4.78 is 25.2. The van der Waals surface area contributed by atoms with Gasteiger partial charge >= 0.3 is 0 Å². The Morgan fingerprint density at radius 1 is 1.18 bits per heavy atom. The van der Waals surface area contributed by atoms with E-state index in [-0.39, 0.29) is 11.7 Å². The third kappa shape index (κ3) is 4.38. The lowest BCUT2D eigenvalue weighted by Gasteiger charge is -2.18. The van der Waals surface area contributed by atoms with Gasteiger partial charge in [-0.3, -0.25) is 0 Å². The van der Waals surface area contributed by atoms with Gasteiger partial charge in [-0.05, 0) is 36.1 Å². The van der Waals surface area contributed by atoms with E-state index in [1.165, 1.54) is 0 Å². The second kappa shape index (κ2) is 6.34. The number of sulfone groups is 1. The second-order valence-electron chi connectivity index (χ2n) is 4.39. The SMILES string of the molecule is CC(C)C(CBr)CS(=O)(=O)c1ccc(Br)cc1. The monoisotopic (exact) mass is 382 g/mol. The molecule has 1 atom stereocenters. The zero-order valence-electron chi connectivity index (χ0n) is 9.86. The molecule has 0 aliphatic heterocycles. The van der Waals surface area contributed by atoms with E-state index in [9.17, 15) is 8.42 Å². The third-order valence-electron chi connectivity index (χ3n) is 2.75. The molecule has 1 aromatic rings. The van der Waals surface area contributed by atoms with Crippen LogP contribution in [0.3, 0.4) is 0 Å². The number of rotatable bonds is 5. The van der Waals surface area contributed by atoms with E-state index in [1.54, 1.807) is 24.3 Å². The Bertz CT molecular complexity index is 452. The maximum Gasteiger partial charge on any atom is 0.178 e. The van der Waals surface area contributed by atoms with Crippen molar-refractivity contribution in [3.63, 3.8) is 0 Å². The Kier molecular flexibility index (Phi) is 5.67. The van der Waals surface area contributed by atoms with Crippen LogP contribution >= 0.6 is 31.9 Å². The fraction of sp³-hybridized carbons (Fsp3) is 0.500. The molecule has 1 aromatic carbocycles. The molecule has 96 valence electrons. The van der Waals surface area contributed by atoms with E-state index in [2.05, 4.69) is 31.9 Å². The standard InChI is InChI=1S/C12H16Br2O2S/c1-9(2)10(7-13)8-17(15,16)12-5-3-11(14)4-6-12/h3-6,9-10H,7-8H2,1-2H3. The minimum atomic E-state index is -3.18. The molecule has 2 nitrogen and oxygen atoms in total. The predicted molar refractivity (Wildman–Crippen MR) is 78.3 cm³/mol. The zero-order valence-corrected chi connectivity index (χ0v) is 13.8. The second-order valence-corrected chi connectivity index (χ2v) is 7.99. The summed E-state index contributed by atoms with van der Waals surface area (Å²) in [6, 6.07) is 6.80. The molecular formula is C12H16Br2O2S. The summed E-state index contributed by atoms with van der Waals surface area (Å²) in [5.41, 5.74) is 0. The summed E-state index contributed by atoms with van der Waals surface area (Å²) in [6.07, 6.45) is 0. The number of halogens is 2. The minimum absolute atomic E-state index is 0.142. The molecule has 0 radical (unpaired) electrons. The van der Waals surface area contributed by atoms with Gasteiger partial charge in [0.15, 0.2) is 9.84 Å². The average Bonchev–Trinajstić information content (AvgIpc) is 2.26.